The number of anilines is 3. The first-order valence-corrected chi connectivity index (χ1v) is 13.3. The standard InChI is InChI=1S/C23H25N3O6S2/c1-25(33(4,28)29)20-7-5-6-18(16-20)24-23(27)17-8-10-19(11-9-17)26(2)34(30,31)22-14-12-21(32-3)13-15-22/h5-16H,1-4H3,(H,24,27). The number of carbonyl (C=O) groups is 1. The second-order valence-electron chi connectivity index (χ2n) is 7.43. The van der Waals surface area contributed by atoms with E-state index in [4.69, 9.17) is 4.74 Å². The number of amides is 1. The summed E-state index contributed by atoms with van der Waals surface area (Å²) in [5, 5.41) is 2.72. The molecule has 0 aromatic heterocycles. The molecule has 0 bridgehead atoms. The Morgan fingerprint density at radius 3 is 2.00 bits per heavy atom. The molecule has 0 saturated carbocycles. The second kappa shape index (κ2) is 9.74. The summed E-state index contributed by atoms with van der Waals surface area (Å²) in [5.74, 6) is 0.122. The minimum atomic E-state index is -3.80. The average molecular weight is 504 g/mol. The Morgan fingerprint density at radius 2 is 1.44 bits per heavy atom. The van der Waals surface area contributed by atoms with Gasteiger partial charge in [0.25, 0.3) is 15.9 Å². The molecule has 0 fully saturated rings. The molecule has 0 saturated heterocycles. The van der Waals surface area contributed by atoms with Gasteiger partial charge in [0.1, 0.15) is 5.75 Å². The predicted molar refractivity (Wildman–Crippen MR) is 133 cm³/mol. The van der Waals surface area contributed by atoms with Crippen LogP contribution in [0.5, 0.6) is 5.75 Å². The van der Waals surface area contributed by atoms with E-state index < -0.39 is 26.0 Å². The monoisotopic (exact) mass is 503 g/mol. The Bertz CT molecular complexity index is 1390. The van der Waals surface area contributed by atoms with Crippen molar-refractivity contribution in [2.24, 2.45) is 0 Å². The lowest BCUT2D eigenvalue weighted by Crippen LogP contribution is -2.26. The van der Waals surface area contributed by atoms with E-state index in [2.05, 4.69) is 5.32 Å². The van der Waals surface area contributed by atoms with Crippen LogP contribution in [-0.4, -0.2) is 50.2 Å². The Balaban J connectivity index is 1.75. The zero-order valence-corrected chi connectivity index (χ0v) is 20.7. The van der Waals surface area contributed by atoms with E-state index in [0.717, 1.165) is 14.9 Å². The van der Waals surface area contributed by atoms with Crippen LogP contribution in [0.4, 0.5) is 17.1 Å². The molecule has 34 heavy (non-hydrogen) atoms. The summed E-state index contributed by atoms with van der Waals surface area (Å²) in [4.78, 5) is 12.8. The van der Waals surface area contributed by atoms with Crippen LogP contribution in [0.1, 0.15) is 10.4 Å². The third-order valence-corrected chi connectivity index (χ3v) is 8.18. The van der Waals surface area contributed by atoms with Gasteiger partial charge < -0.3 is 10.1 Å². The van der Waals surface area contributed by atoms with Gasteiger partial charge in [-0.1, -0.05) is 6.07 Å². The first kappa shape index (κ1) is 25.1. The predicted octanol–water partition coefficient (Wildman–Crippen LogP) is 3.17. The third kappa shape index (κ3) is 5.49. The smallest absolute Gasteiger partial charge is 0.264 e. The normalized spacial score (nSPS) is 11.5. The fraction of sp³-hybridized carbons (Fsp3) is 0.174. The Kier molecular flexibility index (Phi) is 7.18. The Labute approximate surface area is 199 Å². The van der Waals surface area contributed by atoms with E-state index in [0.29, 0.717) is 28.4 Å². The highest BCUT2D eigenvalue weighted by Gasteiger charge is 2.21. The molecule has 180 valence electrons. The lowest BCUT2D eigenvalue weighted by Gasteiger charge is -2.20. The van der Waals surface area contributed by atoms with Crippen molar-refractivity contribution in [3.8, 4) is 5.75 Å². The number of ether oxygens (including phenoxy) is 1. The molecule has 1 N–H and O–H groups in total. The number of hydrogen-bond acceptors (Lipinski definition) is 6. The van der Waals surface area contributed by atoms with Crippen LogP contribution in [0.2, 0.25) is 0 Å². The molecule has 0 atom stereocenters. The molecule has 0 aliphatic carbocycles. The van der Waals surface area contributed by atoms with Crippen LogP contribution in [-0.2, 0) is 20.0 Å². The van der Waals surface area contributed by atoms with Crippen molar-refractivity contribution in [2.45, 2.75) is 4.90 Å². The minimum Gasteiger partial charge on any atom is -0.497 e. The van der Waals surface area contributed by atoms with Gasteiger partial charge in [0.15, 0.2) is 0 Å². The van der Waals surface area contributed by atoms with Gasteiger partial charge in [-0.15, -0.1) is 0 Å². The molecule has 0 heterocycles. The highest BCUT2D eigenvalue weighted by atomic mass is 32.2. The SMILES string of the molecule is COc1ccc(S(=O)(=O)N(C)c2ccc(C(=O)Nc3cccc(N(C)S(C)(=O)=O)c3)cc2)cc1. The number of sulfonamides is 2. The summed E-state index contributed by atoms with van der Waals surface area (Å²) in [6, 6.07) is 18.6. The Morgan fingerprint density at radius 1 is 0.824 bits per heavy atom. The van der Waals surface area contributed by atoms with Crippen molar-refractivity contribution in [1.82, 2.24) is 0 Å². The van der Waals surface area contributed by atoms with Crippen LogP contribution in [0, 0.1) is 0 Å². The van der Waals surface area contributed by atoms with Crippen molar-refractivity contribution in [2.75, 3.05) is 41.4 Å². The molecule has 11 heteroatoms. The van der Waals surface area contributed by atoms with E-state index in [-0.39, 0.29) is 4.90 Å². The zero-order chi connectivity index (χ0) is 25.1. The minimum absolute atomic E-state index is 0.108. The first-order valence-electron chi connectivity index (χ1n) is 10.0. The molecule has 0 radical (unpaired) electrons. The largest absolute Gasteiger partial charge is 0.497 e. The fourth-order valence-electron chi connectivity index (χ4n) is 3.04. The molecule has 0 unspecified atom stereocenters. The van der Waals surface area contributed by atoms with Crippen molar-refractivity contribution in [3.05, 3.63) is 78.4 Å². The molecule has 1 amide bonds. The van der Waals surface area contributed by atoms with Crippen molar-refractivity contribution in [3.63, 3.8) is 0 Å². The lowest BCUT2D eigenvalue weighted by atomic mass is 10.2. The molecule has 3 rings (SSSR count). The molecule has 0 aliphatic heterocycles. The van der Waals surface area contributed by atoms with Gasteiger partial charge in [-0.3, -0.25) is 13.4 Å². The average Bonchev–Trinajstić information content (AvgIpc) is 2.82. The van der Waals surface area contributed by atoms with Crippen LogP contribution in [0.15, 0.2) is 77.7 Å². The Hall–Kier alpha value is -3.57. The quantitative estimate of drug-likeness (QED) is 0.505. The molecule has 0 aliphatic rings. The highest BCUT2D eigenvalue weighted by Crippen LogP contribution is 2.25. The van der Waals surface area contributed by atoms with Gasteiger partial charge in [0, 0.05) is 25.3 Å². The van der Waals surface area contributed by atoms with Gasteiger partial charge in [-0.05, 0) is 66.7 Å². The van der Waals surface area contributed by atoms with Crippen molar-refractivity contribution in [1.29, 1.82) is 0 Å². The van der Waals surface area contributed by atoms with E-state index in [1.54, 1.807) is 36.4 Å². The zero-order valence-electron chi connectivity index (χ0n) is 19.1. The molecule has 3 aromatic carbocycles. The third-order valence-electron chi connectivity index (χ3n) is 5.18. The summed E-state index contributed by atoms with van der Waals surface area (Å²) in [5.41, 5.74) is 1.51. The van der Waals surface area contributed by atoms with E-state index in [1.165, 1.54) is 57.6 Å². The van der Waals surface area contributed by atoms with Crippen LogP contribution >= 0.6 is 0 Å². The summed E-state index contributed by atoms with van der Waals surface area (Å²) in [7, 11) is -2.89. The highest BCUT2D eigenvalue weighted by molar-refractivity contribution is 7.92. The fourth-order valence-corrected chi connectivity index (χ4v) is 4.73. The van der Waals surface area contributed by atoms with Crippen LogP contribution in [0.3, 0.4) is 0 Å². The number of hydrogen-bond donors (Lipinski definition) is 1. The number of nitrogens with zero attached hydrogens (tertiary/aromatic N) is 2. The van der Waals surface area contributed by atoms with Gasteiger partial charge >= 0.3 is 0 Å². The lowest BCUT2D eigenvalue weighted by molar-refractivity contribution is 0.102. The number of rotatable bonds is 8. The first-order chi connectivity index (χ1) is 15.9. The maximum absolute atomic E-state index is 12.9. The van der Waals surface area contributed by atoms with E-state index in [9.17, 15) is 21.6 Å². The summed E-state index contributed by atoms with van der Waals surface area (Å²) in [6.07, 6.45) is 1.09. The number of nitrogens with one attached hydrogen (secondary N) is 1. The van der Waals surface area contributed by atoms with Crippen LogP contribution in [0.25, 0.3) is 0 Å². The van der Waals surface area contributed by atoms with Crippen molar-refractivity contribution < 1.29 is 26.4 Å². The van der Waals surface area contributed by atoms with Gasteiger partial charge in [-0.2, -0.15) is 0 Å². The summed E-state index contributed by atoms with van der Waals surface area (Å²) >= 11 is 0. The molecular formula is C23H25N3O6S2. The maximum atomic E-state index is 12.9. The number of methoxy groups -OCH3 is 1. The second-order valence-corrected chi connectivity index (χ2v) is 11.4. The van der Waals surface area contributed by atoms with Crippen molar-refractivity contribution >= 4 is 43.0 Å². The maximum Gasteiger partial charge on any atom is 0.264 e. The molecule has 3 aromatic rings. The molecular weight excluding hydrogens is 478 g/mol. The van der Waals surface area contributed by atoms with Gasteiger partial charge in [-0.25, -0.2) is 16.8 Å². The molecule has 9 nitrogen and oxygen atoms in total. The summed E-state index contributed by atoms with van der Waals surface area (Å²) in [6.45, 7) is 0. The molecule has 0 spiro atoms. The van der Waals surface area contributed by atoms with Gasteiger partial charge in [0.05, 0.1) is 29.6 Å². The summed E-state index contributed by atoms with van der Waals surface area (Å²) < 4.78 is 56.6. The van der Waals surface area contributed by atoms with E-state index in [1.807, 2.05) is 0 Å². The topological polar surface area (TPSA) is 113 Å². The van der Waals surface area contributed by atoms with Gasteiger partial charge in [0.2, 0.25) is 10.0 Å². The number of benzene rings is 3. The van der Waals surface area contributed by atoms with E-state index >= 15 is 0 Å². The van der Waals surface area contributed by atoms with Crippen LogP contribution < -0.4 is 18.7 Å². The number of carbonyl (C=O) groups excluding carboxylic acids is 1.